The molecule has 0 radical (unpaired) electrons. The average Bonchev–Trinajstić information content (AvgIpc) is 2.09. The molecule has 1 rings (SSSR count). The molecule has 1 aromatic rings. The summed E-state index contributed by atoms with van der Waals surface area (Å²) < 4.78 is 11.4. The minimum absolute atomic E-state index is 0.547. The van der Waals surface area contributed by atoms with Gasteiger partial charge in [0.15, 0.2) is 0 Å². The molecule has 1 heterocycles. The third-order valence-electron chi connectivity index (χ3n) is 1.52. The molecule has 3 nitrogen and oxygen atoms in total. The van der Waals surface area contributed by atoms with E-state index in [9.17, 15) is 0 Å². The smallest absolute Gasteiger partial charge is 0.216 e. The first-order valence-electron chi connectivity index (χ1n) is 3.98. The maximum atomic E-state index is 5.39. The molecule has 0 unspecified atom stereocenters. The van der Waals surface area contributed by atoms with E-state index in [2.05, 4.69) is 27.6 Å². The van der Waals surface area contributed by atoms with Crippen LogP contribution in [0.4, 0.5) is 0 Å². The Hall–Kier alpha value is -0.360. The van der Waals surface area contributed by atoms with Gasteiger partial charge in [-0.3, -0.25) is 0 Å². The van der Waals surface area contributed by atoms with Crippen molar-refractivity contribution in [3.05, 3.63) is 21.4 Å². The highest BCUT2D eigenvalue weighted by Crippen LogP contribution is 2.15. The summed E-state index contributed by atoms with van der Waals surface area (Å²) in [5.41, 5.74) is 1.06. The Morgan fingerprint density at radius 3 is 2.85 bits per heavy atom. The molecule has 0 atom stereocenters. The van der Waals surface area contributed by atoms with E-state index in [4.69, 9.17) is 9.47 Å². The van der Waals surface area contributed by atoms with Crippen LogP contribution in [-0.4, -0.2) is 25.3 Å². The second-order valence-electron chi connectivity index (χ2n) is 2.62. The number of pyridine rings is 1. The van der Waals surface area contributed by atoms with Crippen LogP contribution in [0.1, 0.15) is 5.56 Å². The molecule has 0 aliphatic carbocycles. The summed E-state index contributed by atoms with van der Waals surface area (Å²) in [6, 6.07) is 2.04. The third-order valence-corrected chi connectivity index (χ3v) is 2.11. The summed E-state index contributed by atoms with van der Waals surface area (Å²) in [5, 5.41) is 0. The van der Waals surface area contributed by atoms with Crippen molar-refractivity contribution >= 4 is 22.6 Å². The molecular formula is C9H12INO2. The SMILES string of the molecule is COCCOc1ncc(I)cc1C. The predicted molar refractivity (Wildman–Crippen MR) is 59.1 cm³/mol. The monoisotopic (exact) mass is 293 g/mol. The van der Waals surface area contributed by atoms with Gasteiger partial charge in [-0.05, 0) is 35.6 Å². The van der Waals surface area contributed by atoms with E-state index in [1.807, 2.05) is 13.0 Å². The number of hydrogen-bond acceptors (Lipinski definition) is 3. The molecule has 0 aromatic carbocycles. The van der Waals surface area contributed by atoms with Gasteiger partial charge in [0.2, 0.25) is 5.88 Å². The largest absolute Gasteiger partial charge is 0.475 e. The molecule has 0 N–H and O–H groups in total. The van der Waals surface area contributed by atoms with Gasteiger partial charge in [0.25, 0.3) is 0 Å². The lowest BCUT2D eigenvalue weighted by molar-refractivity contribution is 0.143. The van der Waals surface area contributed by atoms with Gasteiger partial charge >= 0.3 is 0 Å². The van der Waals surface area contributed by atoms with Crippen LogP contribution in [0.3, 0.4) is 0 Å². The van der Waals surface area contributed by atoms with Gasteiger partial charge in [0.05, 0.1) is 6.61 Å². The van der Waals surface area contributed by atoms with E-state index in [1.165, 1.54) is 0 Å². The van der Waals surface area contributed by atoms with Gasteiger partial charge in [-0.1, -0.05) is 0 Å². The lowest BCUT2D eigenvalue weighted by atomic mass is 10.3. The Bertz CT molecular complexity index is 278. The molecule has 0 fully saturated rings. The van der Waals surface area contributed by atoms with Gasteiger partial charge in [-0.25, -0.2) is 4.98 Å². The van der Waals surface area contributed by atoms with Crippen molar-refractivity contribution < 1.29 is 9.47 Å². The van der Waals surface area contributed by atoms with Crippen LogP contribution < -0.4 is 4.74 Å². The van der Waals surface area contributed by atoms with E-state index in [0.717, 1.165) is 9.13 Å². The Balaban J connectivity index is 2.56. The summed E-state index contributed by atoms with van der Waals surface area (Å²) in [6.45, 7) is 3.12. The van der Waals surface area contributed by atoms with Gasteiger partial charge in [-0.2, -0.15) is 0 Å². The van der Waals surface area contributed by atoms with Crippen LogP contribution >= 0.6 is 22.6 Å². The Morgan fingerprint density at radius 2 is 2.23 bits per heavy atom. The lowest BCUT2D eigenvalue weighted by Gasteiger charge is -2.06. The van der Waals surface area contributed by atoms with Crippen molar-refractivity contribution in [3.8, 4) is 5.88 Å². The molecule has 72 valence electrons. The van der Waals surface area contributed by atoms with Crippen molar-refractivity contribution in [2.75, 3.05) is 20.3 Å². The van der Waals surface area contributed by atoms with E-state index < -0.39 is 0 Å². The van der Waals surface area contributed by atoms with Gasteiger partial charge in [0.1, 0.15) is 6.61 Å². The van der Waals surface area contributed by atoms with E-state index in [0.29, 0.717) is 19.1 Å². The molecule has 0 spiro atoms. The highest BCUT2D eigenvalue weighted by Gasteiger charge is 2.00. The Labute approximate surface area is 91.6 Å². The van der Waals surface area contributed by atoms with Crippen LogP contribution in [0.2, 0.25) is 0 Å². The van der Waals surface area contributed by atoms with Crippen molar-refractivity contribution in [2.45, 2.75) is 6.92 Å². The molecule has 0 aliphatic rings. The number of methoxy groups -OCH3 is 1. The van der Waals surface area contributed by atoms with E-state index in [1.54, 1.807) is 13.3 Å². The first kappa shape index (κ1) is 10.7. The molecular weight excluding hydrogens is 281 g/mol. The Kier molecular flexibility index (Phi) is 4.44. The highest BCUT2D eigenvalue weighted by molar-refractivity contribution is 14.1. The maximum absolute atomic E-state index is 5.39. The summed E-state index contributed by atoms with van der Waals surface area (Å²) in [6.07, 6.45) is 1.79. The zero-order chi connectivity index (χ0) is 9.68. The Morgan fingerprint density at radius 1 is 1.46 bits per heavy atom. The van der Waals surface area contributed by atoms with Gasteiger partial charge < -0.3 is 9.47 Å². The van der Waals surface area contributed by atoms with Crippen LogP contribution in [0.15, 0.2) is 12.3 Å². The number of rotatable bonds is 4. The fraction of sp³-hybridized carbons (Fsp3) is 0.444. The fourth-order valence-electron chi connectivity index (χ4n) is 0.901. The van der Waals surface area contributed by atoms with Crippen molar-refractivity contribution in [1.82, 2.24) is 4.98 Å². The summed E-state index contributed by atoms with van der Waals surface area (Å²) >= 11 is 2.22. The highest BCUT2D eigenvalue weighted by atomic mass is 127. The number of hydrogen-bond donors (Lipinski definition) is 0. The van der Waals surface area contributed by atoms with Crippen LogP contribution in [0, 0.1) is 10.5 Å². The minimum atomic E-state index is 0.547. The molecule has 1 aromatic heterocycles. The zero-order valence-electron chi connectivity index (χ0n) is 7.71. The second-order valence-corrected chi connectivity index (χ2v) is 3.86. The molecule has 0 saturated carbocycles. The predicted octanol–water partition coefficient (Wildman–Crippen LogP) is 2.02. The van der Waals surface area contributed by atoms with Crippen LogP contribution in [0.25, 0.3) is 0 Å². The van der Waals surface area contributed by atoms with E-state index in [-0.39, 0.29) is 0 Å². The molecule has 0 aliphatic heterocycles. The summed E-state index contributed by atoms with van der Waals surface area (Å²) in [4.78, 5) is 4.16. The number of nitrogens with zero attached hydrogens (tertiary/aromatic N) is 1. The topological polar surface area (TPSA) is 31.4 Å². The summed E-state index contributed by atoms with van der Waals surface area (Å²) in [5.74, 6) is 0.692. The molecule has 4 heteroatoms. The average molecular weight is 293 g/mol. The number of halogens is 1. The quantitative estimate of drug-likeness (QED) is 0.628. The fourth-order valence-corrected chi connectivity index (χ4v) is 1.51. The molecule has 0 saturated heterocycles. The first-order valence-corrected chi connectivity index (χ1v) is 5.06. The normalized spacial score (nSPS) is 10.1. The molecule has 13 heavy (non-hydrogen) atoms. The van der Waals surface area contributed by atoms with Crippen molar-refractivity contribution in [1.29, 1.82) is 0 Å². The minimum Gasteiger partial charge on any atom is -0.475 e. The standard InChI is InChI=1S/C9H12INO2/c1-7-5-8(10)6-11-9(7)13-4-3-12-2/h5-6H,3-4H2,1-2H3. The van der Waals surface area contributed by atoms with Crippen molar-refractivity contribution in [3.63, 3.8) is 0 Å². The number of ether oxygens (including phenoxy) is 2. The van der Waals surface area contributed by atoms with Gasteiger partial charge in [0, 0.05) is 22.4 Å². The van der Waals surface area contributed by atoms with Gasteiger partial charge in [-0.15, -0.1) is 0 Å². The number of aryl methyl sites for hydroxylation is 1. The number of aromatic nitrogens is 1. The zero-order valence-corrected chi connectivity index (χ0v) is 9.87. The maximum Gasteiger partial charge on any atom is 0.216 e. The van der Waals surface area contributed by atoms with Crippen LogP contribution in [-0.2, 0) is 4.74 Å². The first-order chi connectivity index (χ1) is 6.24. The third kappa shape index (κ3) is 3.48. The summed E-state index contributed by atoms with van der Waals surface area (Å²) in [7, 11) is 1.65. The molecule has 0 amide bonds. The van der Waals surface area contributed by atoms with Crippen molar-refractivity contribution in [2.24, 2.45) is 0 Å². The van der Waals surface area contributed by atoms with E-state index >= 15 is 0 Å². The molecule has 0 bridgehead atoms. The van der Waals surface area contributed by atoms with Crippen LogP contribution in [0.5, 0.6) is 5.88 Å². The second kappa shape index (κ2) is 5.39. The lowest BCUT2D eigenvalue weighted by Crippen LogP contribution is -2.06.